The Morgan fingerprint density at radius 3 is 2.63 bits per heavy atom. The second kappa shape index (κ2) is 8.70. The van der Waals surface area contributed by atoms with Crippen LogP contribution in [0.1, 0.15) is 37.5 Å². The Kier molecular flexibility index (Phi) is 6.11. The minimum atomic E-state index is -0.0899. The van der Waals surface area contributed by atoms with Gasteiger partial charge in [0, 0.05) is 43.4 Å². The van der Waals surface area contributed by atoms with Crippen molar-refractivity contribution in [1.82, 2.24) is 15.5 Å². The van der Waals surface area contributed by atoms with Crippen LogP contribution in [0.4, 0.5) is 0 Å². The molecule has 1 saturated heterocycles. The van der Waals surface area contributed by atoms with Gasteiger partial charge in [0.1, 0.15) is 17.9 Å². The number of fused-ring (bicyclic) bond motifs is 1. The molecule has 0 spiro atoms. The Balaban J connectivity index is 1.61. The molecule has 0 saturated carbocycles. The Bertz CT molecular complexity index is 840. The van der Waals surface area contributed by atoms with E-state index in [1.54, 1.807) is 0 Å². The SMILES string of the molecule is CCNC(=NCc1oc2ccccc2c1C)NCCN1C(=O)CCCC1=O. The highest BCUT2D eigenvalue weighted by molar-refractivity contribution is 5.97. The summed E-state index contributed by atoms with van der Waals surface area (Å²) in [6, 6.07) is 7.93. The normalized spacial score (nSPS) is 15.5. The lowest BCUT2D eigenvalue weighted by atomic mass is 10.1. The largest absolute Gasteiger partial charge is 0.459 e. The highest BCUT2D eigenvalue weighted by atomic mass is 16.3. The molecule has 1 aliphatic rings. The fourth-order valence-electron chi connectivity index (χ4n) is 3.20. The van der Waals surface area contributed by atoms with Crippen LogP contribution in [0.3, 0.4) is 0 Å². The summed E-state index contributed by atoms with van der Waals surface area (Å²) in [7, 11) is 0. The number of nitrogens with one attached hydrogen (secondary N) is 2. The van der Waals surface area contributed by atoms with Gasteiger partial charge >= 0.3 is 0 Å². The summed E-state index contributed by atoms with van der Waals surface area (Å²) in [5.74, 6) is 1.28. The lowest BCUT2D eigenvalue weighted by Gasteiger charge is -2.25. The van der Waals surface area contributed by atoms with E-state index in [9.17, 15) is 9.59 Å². The van der Waals surface area contributed by atoms with Gasteiger partial charge in [0.2, 0.25) is 11.8 Å². The number of benzene rings is 1. The molecular formula is C20H26N4O3. The minimum Gasteiger partial charge on any atom is -0.459 e. The quantitative estimate of drug-likeness (QED) is 0.463. The van der Waals surface area contributed by atoms with Crippen LogP contribution in [0, 0.1) is 6.92 Å². The third-order valence-electron chi connectivity index (χ3n) is 4.68. The molecule has 0 unspecified atom stereocenters. The van der Waals surface area contributed by atoms with Crippen LogP contribution in [-0.4, -0.2) is 42.3 Å². The van der Waals surface area contributed by atoms with Crippen molar-refractivity contribution in [2.45, 2.75) is 39.7 Å². The Morgan fingerprint density at radius 2 is 1.93 bits per heavy atom. The van der Waals surface area contributed by atoms with E-state index >= 15 is 0 Å². The van der Waals surface area contributed by atoms with Crippen molar-refractivity contribution < 1.29 is 14.0 Å². The van der Waals surface area contributed by atoms with Gasteiger partial charge in [-0.15, -0.1) is 0 Å². The van der Waals surface area contributed by atoms with E-state index in [0.717, 1.165) is 22.3 Å². The highest BCUT2D eigenvalue weighted by Gasteiger charge is 2.25. The number of aliphatic imine (C=N–C) groups is 1. The van der Waals surface area contributed by atoms with Gasteiger partial charge in [-0.2, -0.15) is 0 Å². The van der Waals surface area contributed by atoms with E-state index in [1.807, 2.05) is 38.1 Å². The lowest BCUT2D eigenvalue weighted by Crippen LogP contribution is -2.46. The van der Waals surface area contributed by atoms with E-state index in [2.05, 4.69) is 15.6 Å². The van der Waals surface area contributed by atoms with Crippen molar-refractivity contribution in [1.29, 1.82) is 0 Å². The van der Waals surface area contributed by atoms with Crippen LogP contribution >= 0.6 is 0 Å². The number of piperidine rings is 1. The molecule has 1 aromatic heterocycles. The summed E-state index contributed by atoms with van der Waals surface area (Å²) in [5.41, 5.74) is 1.95. The second-order valence-electron chi connectivity index (χ2n) is 6.56. The second-order valence-corrected chi connectivity index (χ2v) is 6.56. The number of aryl methyl sites for hydroxylation is 1. The zero-order valence-electron chi connectivity index (χ0n) is 15.9. The monoisotopic (exact) mass is 370 g/mol. The van der Waals surface area contributed by atoms with Gasteiger partial charge in [-0.25, -0.2) is 4.99 Å². The molecule has 3 rings (SSSR count). The number of likely N-dealkylation sites (tertiary alicyclic amines) is 1. The molecule has 7 heteroatoms. The van der Waals surface area contributed by atoms with Gasteiger partial charge in [0.25, 0.3) is 0 Å². The van der Waals surface area contributed by atoms with Crippen LogP contribution in [-0.2, 0) is 16.1 Å². The van der Waals surface area contributed by atoms with Gasteiger partial charge in [0.05, 0.1) is 0 Å². The topological polar surface area (TPSA) is 86.9 Å². The average Bonchev–Trinajstić information content (AvgIpc) is 2.98. The average molecular weight is 370 g/mol. The Labute approximate surface area is 158 Å². The molecule has 1 fully saturated rings. The number of amides is 2. The standard InChI is InChI=1S/C20H26N4O3/c1-3-21-20(22-11-12-24-18(25)9-6-10-19(24)26)23-13-17-14(2)15-7-4-5-8-16(15)27-17/h4-5,7-8H,3,6,9-13H2,1-2H3,(H2,21,22,23). The number of nitrogens with zero attached hydrogens (tertiary/aromatic N) is 2. The van der Waals surface area contributed by atoms with E-state index in [0.29, 0.717) is 51.4 Å². The van der Waals surface area contributed by atoms with Gasteiger partial charge in [0.15, 0.2) is 5.96 Å². The number of carbonyl (C=O) groups is 2. The number of carbonyl (C=O) groups excluding carboxylic acids is 2. The molecule has 27 heavy (non-hydrogen) atoms. The first-order chi connectivity index (χ1) is 13.1. The maximum atomic E-state index is 11.9. The van der Waals surface area contributed by atoms with Gasteiger partial charge in [-0.05, 0) is 26.3 Å². The molecule has 1 aliphatic heterocycles. The maximum Gasteiger partial charge on any atom is 0.229 e. The summed E-state index contributed by atoms with van der Waals surface area (Å²) in [6.07, 6.45) is 1.55. The fourth-order valence-corrected chi connectivity index (χ4v) is 3.20. The van der Waals surface area contributed by atoms with Crippen LogP contribution in [0.15, 0.2) is 33.7 Å². The zero-order chi connectivity index (χ0) is 19.2. The molecule has 2 N–H and O–H groups in total. The van der Waals surface area contributed by atoms with Crippen LogP contribution in [0.2, 0.25) is 0 Å². The number of para-hydroxylation sites is 1. The molecule has 0 aliphatic carbocycles. The lowest BCUT2D eigenvalue weighted by molar-refractivity contribution is -0.147. The smallest absolute Gasteiger partial charge is 0.229 e. The third-order valence-corrected chi connectivity index (χ3v) is 4.68. The summed E-state index contributed by atoms with van der Waals surface area (Å²) in [5, 5.41) is 7.46. The highest BCUT2D eigenvalue weighted by Crippen LogP contribution is 2.25. The molecule has 2 heterocycles. The Morgan fingerprint density at radius 1 is 1.19 bits per heavy atom. The van der Waals surface area contributed by atoms with Crippen molar-refractivity contribution in [2.24, 2.45) is 4.99 Å². The zero-order valence-corrected chi connectivity index (χ0v) is 15.9. The fraction of sp³-hybridized carbons (Fsp3) is 0.450. The molecule has 0 bridgehead atoms. The van der Waals surface area contributed by atoms with Crippen molar-refractivity contribution in [3.63, 3.8) is 0 Å². The summed E-state index contributed by atoms with van der Waals surface area (Å²) in [4.78, 5) is 29.6. The predicted molar refractivity (Wildman–Crippen MR) is 104 cm³/mol. The van der Waals surface area contributed by atoms with Crippen molar-refractivity contribution in [2.75, 3.05) is 19.6 Å². The molecule has 1 aromatic carbocycles. The molecule has 0 radical (unpaired) electrons. The number of guanidine groups is 1. The number of imide groups is 1. The summed E-state index contributed by atoms with van der Waals surface area (Å²) < 4.78 is 5.89. The van der Waals surface area contributed by atoms with E-state index in [1.165, 1.54) is 4.90 Å². The van der Waals surface area contributed by atoms with Crippen LogP contribution < -0.4 is 10.6 Å². The van der Waals surface area contributed by atoms with Crippen molar-refractivity contribution in [3.8, 4) is 0 Å². The van der Waals surface area contributed by atoms with Gasteiger partial charge in [-0.1, -0.05) is 18.2 Å². The first-order valence-corrected chi connectivity index (χ1v) is 9.42. The van der Waals surface area contributed by atoms with Gasteiger partial charge in [-0.3, -0.25) is 14.5 Å². The van der Waals surface area contributed by atoms with E-state index in [4.69, 9.17) is 4.42 Å². The van der Waals surface area contributed by atoms with Gasteiger partial charge < -0.3 is 15.1 Å². The molecule has 144 valence electrons. The maximum absolute atomic E-state index is 11.9. The van der Waals surface area contributed by atoms with Crippen molar-refractivity contribution >= 4 is 28.7 Å². The van der Waals surface area contributed by atoms with Crippen LogP contribution in [0.25, 0.3) is 11.0 Å². The molecule has 7 nitrogen and oxygen atoms in total. The number of hydrogen-bond acceptors (Lipinski definition) is 4. The molecule has 2 amide bonds. The first kappa shape index (κ1) is 18.9. The first-order valence-electron chi connectivity index (χ1n) is 9.42. The van der Waals surface area contributed by atoms with E-state index < -0.39 is 0 Å². The molecule has 2 aromatic rings. The molecular weight excluding hydrogens is 344 g/mol. The third kappa shape index (κ3) is 4.48. The minimum absolute atomic E-state index is 0.0899. The number of furan rings is 1. The number of rotatable bonds is 6. The molecule has 0 atom stereocenters. The summed E-state index contributed by atoms with van der Waals surface area (Å²) in [6.45, 7) is 5.96. The number of hydrogen-bond donors (Lipinski definition) is 2. The van der Waals surface area contributed by atoms with E-state index in [-0.39, 0.29) is 11.8 Å². The Hall–Kier alpha value is -2.83. The predicted octanol–water partition coefficient (Wildman–Crippen LogP) is 2.34. The van der Waals surface area contributed by atoms with Crippen LogP contribution in [0.5, 0.6) is 0 Å². The summed E-state index contributed by atoms with van der Waals surface area (Å²) >= 11 is 0. The van der Waals surface area contributed by atoms with Crippen molar-refractivity contribution in [3.05, 3.63) is 35.6 Å².